The third-order valence-corrected chi connectivity index (χ3v) is 4.15. The largest absolute Gasteiger partial charge is 0.319 e. The van der Waals surface area contributed by atoms with Crippen molar-refractivity contribution in [2.24, 2.45) is 0 Å². The third-order valence-electron chi connectivity index (χ3n) is 3.12. The molecule has 3 nitrogen and oxygen atoms in total. The lowest BCUT2D eigenvalue weighted by atomic mass is 10.2. The molecule has 1 aromatic heterocycles. The van der Waals surface area contributed by atoms with Crippen LogP contribution in [-0.4, -0.2) is 10.9 Å². The van der Waals surface area contributed by atoms with E-state index in [4.69, 9.17) is 0 Å². The molecule has 0 aliphatic rings. The highest BCUT2D eigenvalue weighted by molar-refractivity contribution is 7.17. The van der Waals surface area contributed by atoms with Crippen molar-refractivity contribution < 1.29 is 22.4 Å². The van der Waals surface area contributed by atoms with Gasteiger partial charge in [-0.05, 0) is 24.3 Å². The first-order chi connectivity index (χ1) is 11.5. The van der Waals surface area contributed by atoms with Crippen molar-refractivity contribution in [3.63, 3.8) is 0 Å². The lowest BCUT2D eigenvalue weighted by Crippen LogP contribution is -2.12. The number of nitrogens with one attached hydrogen (secondary N) is 1. The van der Waals surface area contributed by atoms with E-state index in [-0.39, 0.29) is 15.4 Å². The first-order valence-corrected chi connectivity index (χ1v) is 7.44. The third kappa shape index (κ3) is 3.00. The van der Waals surface area contributed by atoms with E-state index >= 15 is 0 Å². The van der Waals surface area contributed by atoms with E-state index in [1.807, 2.05) is 0 Å². The van der Waals surface area contributed by atoms with Gasteiger partial charge < -0.3 is 5.32 Å². The van der Waals surface area contributed by atoms with Gasteiger partial charge in [0, 0.05) is 5.56 Å². The lowest BCUT2D eigenvalue weighted by Gasteiger charge is -2.05. The van der Waals surface area contributed by atoms with E-state index in [2.05, 4.69) is 10.3 Å². The second-order valence-electron chi connectivity index (χ2n) is 4.69. The molecule has 0 aliphatic carbocycles. The van der Waals surface area contributed by atoms with Gasteiger partial charge in [0.05, 0.1) is 11.9 Å². The molecule has 0 aliphatic heterocycles. The van der Waals surface area contributed by atoms with Gasteiger partial charge in [0.2, 0.25) is 0 Å². The summed E-state index contributed by atoms with van der Waals surface area (Å²) in [5.74, 6) is -5.79. The summed E-state index contributed by atoms with van der Waals surface area (Å²) in [6.45, 7) is 0. The second kappa shape index (κ2) is 6.40. The predicted molar refractivity (Wildman–Crippen MR) is 81.8 cm³/mol. The fraction of sp³-hybridized carbons (Fsp3) is 0. The van der Waals surface area contributed by atoms with Crippen molar-refractivity contribution in [3.05, 3.63) is 70.7 Å². The summed E-state index contributed by atoms with van der Waals surface area (Å²) in [5, 5.41) is 2.40. The maximum Gasteiger partial charge on any atom is 0.267 e. The zero-order valence-electron chi connectivity index (χ0n) is 11.8. The molecule has 0 radical (unpaired) electrons. The number of anilines is 1. The molecule has 0 atom stereocenters. The minimum Gasteiger partial charge on any atom is -0.319 e. The fourth-order valence-corrected chi connectivity index (χ4v) is 2.78. The molecule has 0 fully saturated rings. The molecule has 24 heavy (non-hydrogen) atoms. The molecule has 3 rings (SSSR count). The van der Waals surface area contributed by atoms with E-state index < -0.39 is 34.9 Å². The number of carbonyl (C=O) groups excluding carboxylic acids is 1. The minimum absolute atomic E-state index is 0.0670. The van der Waals surface area contributed by atoms with Gasteiger partial charge in [-0.15, -0.1) is 11.3 Å². The topological polar surface area (TPSA) is 42.0 Å². The van der Waals surface area contributed by atoms with Crippen molar-refractivity contribution in [2.75, 3.05) is 5.32 Å². The van der Waals surface area contributed by atoms with Crippen molar-refractivity contribution in [2.45, 2.75) is 0 Å². The van der Waals surface area contributed by atoms with Crippen LogP contribution in [0.15, 0.2) is 42.6 Å². The molecule has 122 valence electrons. The van der Waals surface area contributed by atoms with Crippen LogP contribution in [0.25, 0.3) is 10.6 Å². The van der Waals surface area contributed by atoms with Gasteiger partial charge in [0.1, 0.15) is 15.7 Å². The number of carbonyl (C=O) groups is 1. The molecule has 1 heterocycles. The van der Waals surface area contributed by atoms with Crippen LogP contribution in [0, 0.1) is 23.3 Å². The Morgan fingerprint density at radius 1 is 0.958 bits per heavy atom. The molecular formula is C16H8F4N2OS. The van der Waals surface area contributed by atoms with E-state index in [9.17, 15) is 22.4 Å². The number of thiazole rings is 1. The van der Waals surface area contributed by atoms with Gasteiger partial charge in [-0.2, -0.15) is 0 Å². The molecular weight excluding hydrogens is 344 g/mol. The zero-order chi connectivity index (χ0) is 17.3. The van der Waals surface area contributed by atoms with Crippen molar-refractivity contribution in [1.82, 2.24) is 4.98 Å². The maximum atomic E-state index is 13.7. The molecule has 1 amide bonds. The Morgan fingerprint density at radius 2 is 1.71 bits per heavy atom. The van der Waals surface area contributed by atoms with Crippen LogP contribution in [0.4, 0.5) is 23.2 Å². The van der Waals surface area contributed by atoms with Gasteiger partial charge in [0.15, 0.2) is 17.5 Å². The van der Waals surface area contributed by atoms with Gasteiger partial charge in [-0.3, -0.25) is 4.79 Å². The molecule has 1 N–H and O–H groups in total. The monoisotopic (exact) mass is 352 g/mol. The van der Waals surface area contributed by atoms with E-state index in [1.54, 1.807) is 6.07 Å². The Bertz CT molecular complexity index is 926. The highest BCUT2D eigenvalue weighted by Gasteiger charge is 2.18. The maximum absolute atomic E-state index is 13.7. The Kier molecular flexibility index (Phi) is 4.30. The van der Waals surface area contributed by atoms with Crippen molar-refractivity contribution >= 4 is 22.9 Å². The number of amides is 1. The van der Waals surface area contributed by atoms with Crippen LogP contribution in [0.1, 0.15) is 9.67 Å². The summed E-state index contributed by atoms with van der Waals surface area (Å²) >= 11 is 0.887. The van der Waals surface area contributed by atoms with Crippen LogP contribution in [0.2, 0.25) is 0 Å². The number of benzene rings is 2. The lowest BCUT2D eigenvalue weighted by molar-refractivity contribution is 0.102. The second-order valence-corrected chi connectivity index (χ2v) is 5.72. The summed E-state index contributed by atoms with van der Waals surface area (Å²) in [5.41, 5.74) is -0.278. The van der Waals surface area contributed by atoms with Crippen LogP contribution >= 0.6 is 11.3 Å². The van der Waals surface area contributed by atoms with Crippen LogP contribution in [0.3, 0.4) is 0 Å². The van der Waals surface area contributed by atoms with E-state index in [0.717, 1.165) is 17.4 Å². The van der Waals surface area contributed by atoms with Crippen LogP contribution < -0.4 is 5.32 Å². The van der Waals surface area contributed by atoms with Crippen molar-refractivity contribution in [1.29, 1.82) is 0 Å². The molecule has 0 unspecified atom stereocenters. The molecule has 0 saturated carbocycles. The normalized spacial score (nSPS) is 10.7. The Hall–Kier alpha value is -2.74. The molecule has 0 saturated heterocycles. The van der Waals surface area contributed by atoms with Gasteiger partial charge in [-0.25, -0.2) is 22.5 Å². The number of hydrogen-bond acceptors (Lipinski definition) is 3. The van der Waals surface area contributed by atoms with Crippen LogP contribution in [-0.2, 0) is 0 Å². The first kappa shape index (κ1) is 16.1. The predicted octanol–water partition coefficient (Wildman–Crippen LogP) is 4.62. The fourth-order valence-electron chi connectivity index (χ4n) is 1.94. The van der Waals surface area contributed by atoms with Gasteiger partial charge >= 0.3 is 0 Å². The number of rotatable bonds is 3. The summed E-state index contributed by atoms with van der Waals surface area (Å²) in [6, 6.07) is 7.51. The number of halogens is 4. The van der Waals surface area contributed by atoms with Crippen LogP contribution in [0.5, 0.6) is 0 Å². The smallest absolute Gasteiger partial charge is 0.267 e. The highest BCUT2D eigenvalue weighted by atomic mass is 32.1. The van der Waals surface area contributed by atoms with Gasteiger partial charge in [-0.1, -0.05) is 12.1 Å². The Morgan fingerprint density at radius 3 is 2.46 bits per heavy atom. The van der Waals surface area contributed by atoms with Crippen molar-refractivity contribution in [3.8, 4) is 10.6 Å². The molecule has 3 aromatic rings. The molecule has 2 aromatic carbocycles. The quantitative estimate of drug-likeness (QED) is 0.552. The summed E-state index contributed by atoms with van der Waals surface area (Å²) in [6.07, 6.45) is 1.19. The number of aromatic nitrogens is 1. The Balaban J connectivity index is 1.85. The zero-order valence-corrected chi connectivity index (χ0v) is 12.6. The first-order valence-electron chi connectivity index (χ1n) is 6.63. The molecule has 0 spiro atoms. The standard InChI is InChI=1S/C16H8F4N2OS/c17-9-4-2-1-3-8(9)16-21-7-12(24-16)15(23)22-11-6-5-10(18)13(19)14(11)20/h1-7H,(H,22,23). The molecule has 8 heteroatoms. The minimum atomic E-state index is -1.68. The summed E-state index contributed by atoms with van der Waals surface area (Å²) < 4.78 is 53.3. The average molecular weight is 352 g/mol. The average Bonchev–Trinajstić information content (AvgIpc) is 3.06. The molecule has 0 bridgehead atoms. The Labute approximate surface area is 137 Å². The van der Waals surface area contributed by atoms with E-state index in [0.29, 0.717) is 6.07 Å². The highest BCUT2D eigenvalue weighted by Crippen LogP contribution is 2.28. The van der Waals surface area contributed by atoms with Gasteiger partial charge in [0.25, 0.3) is 5.91 Å². The SMILES string of the molecule is O=C(Nc1ccc(F)c(F)c1F)c1cnc(-c2ccccc2F)s1. The number of hydrogen-bond donors (Lipinski definition) is 1. The van der Waals surface area contributed by atoms with E-state index in [1.165, 1.54) is 24.4 Å². The summed E-state index contributed by atoms with van der Waals surface area (Å²) in [4.78, 5) is 16.1. The summed E-state index contributed by atoms with van der Waals surface area (Å²) in [7, 11) is 0. The number of nitrogens with zero attached hydrogens (tertiary/aromatic N) is 1.